The maximum absolute atomic E-state index is 12.9. The molecule has 1 amide bonds. The summed E-state index contributed by atoms with van der Waals surface area (Å²) in [7, 11) is 1.72. The molecule has 1 heterocycles. The quantitative estimate of drug-likeness (QED) is 0.541. The third-order valence-corrected chi connectivity index (χ3v) is 4.54. The van der Waals surface area contributed by atoms with E-state index in [0.29, 0.717) is 35.2 Å². The van der Waals surface area contributed by atoms with Gasteiger partial charge in [-0.05, 0) is 37.4 Å². The predicted octanol–water partition coefficient (Wildman–Crippen LogP) is 3.92. The smallest absolute Gasteiger partial charge is 0.258 e. The number of rotatable bonds is 7. The summed E-state index contributed by atoms with van der Waals surface area (Å²) in [6.07, 6.45) is 1.90. The molecule has 26 heavy (non-hydrogen) atoms. The van der Waals surface area contributed by atoms with Crippen LogP contribution in [0.2, 0.25) is 0 Å². The predicted molar refractivity (Wildman–Crippen MR) is 101 cm³/mol. The van der Waals surface area contributed by atoms with Gasteiger partial charge in [-0.1, -0.05) is 13.8 Å². The number of hydrogen-bond donors (Lipinski definition) is 0. The van der Waals surface area contributed by atoms with E-state index in [9.17, 15) is 9.18 Å². The molecule has 2 aromatic rings. The largest absolute Gasteiger partial charge is 0.492 e. The van der Waals surface area contributed by atoms with E-state index in [1.54, 1.807) is 24.1 Å². The fraction of sp³-hybridized carbons (Fsp3) is 0.421. The number of carbonyl (C=O) groups excluding carboxylic acids is 1. The highest BCUT2D eigenvalue weighted by molar-refractivity contribution is 7.98. The fourth-order valence-corrected chi connectivity index (χ4v) is 2.97. The van der Waals surface area contributed by atoms with Crippen LogP contribution in [0.15, 0.2) is 29.3 Å². The molecule has 2 rings (SSSR count). The van der Waals surface area contributed by atoms with Crippen LogP contribution in [0.1, 0.15) is 41.6 Å². The van der Waals surface area contributed by atoms with Gasteiger partial charge < -0.3 is 9.64 Å². The van der Waals surface area contributed by atoms with Gasteiger partial charge in [-0.15, -0.1) is 11.8 Å². The maximum Gasteiger partial charge on any atom is 0.258 e. The molecule has 0 fully saturated rings. The van der Waals surface area contributed by atoms with Crippen molar-refractivity contribution in [2.24, 2.45) is 0 Å². The molecule has 7 heteroatoms. The van der Waals surface area contributed by atoms with Crippen molar-refractivity contribution in [3.63, 3.8) is 0 Å². The summed E-state index contributed by atoms with van der Waals surface area (Å²) in [6, 6.07) is 5.80. The Hall–Kier alpha value is -2.15. The first-order valence-electron chi connectivity index (χ1n) is 8.39. The molecule has 0 N–H and O–H groups in total. The topological polar surface area (TPSA) is 55.3 Å². The number of benzene rings is 1. The van der Waals surface area contributed by atoms with Crippen LogP contribution in [0.3, 0.4) is 0 Å². The molecule has 0 aliphatic rings. The molecule has 5 nitrogen and oxygen atoms in total. The highest BCUT2D eigenvalue weighted by Crippen LogP contribution is 2.24. The number of aromatic nitrogens is 2. The van der Waals surface area contributed by atoms with Crippen LogP contribution < -0.4 is 4.74 Å². The molecule has 0 bridgehead atoms. The number of hydrogen-bond acceptors (Lipinski definition) is 5. The van der Waals surface area contributed by atoms with Gasteiger partial charge in [0.05, 0.1) is 17.8 Å². The Kier molecular flexibility index (Phi) is 6.97. The number of thioether (sulfide) groups is 1. The molecular formula is C19H24FN3O2S. The molecule has 140 valence electrons. The van der Waals surface area contributed by atoms with E-state index < -0.39 is 0 Å². The number of likely N-dealkylation sites (N-methyl/N-ethyl adjacent to an activating group) is 1. The van der Waals surface area contributed by atoms with Gasteiger partial charge >= 0.3 is 0 Å². The van der Waals surface area contributed by atoms with Gasteiger partial charge in [0.25, 0.3) is 5.91 Å². The number of amides is 1. The van der Waals surface area contributed by atoms with Crippen LogP contribution in [0.5, 0.6) is 5.75 Å². The zero-order chi connectivity index (χ0) is 19.3. The zero-order valence-electron chi connectivity index (χ0n) is 15.7. The van der Waals surface area contributed by atoms with E-state index in [2.05, 4.69) is 9.97 Å². The first-order chi connectivity index (χ1) is 12.3. The normalized spacial score (nSPS) is 10.9. The lowest BCUT2D eigenvalue weighted by atomic mass is 10.1. The second-order valence-corrected chi connectivity index (χ2v) is 7.03. The van der Waals surface area contributed by atoms with Gasteiger partial charge in [-0.3, -0.25) is 4.79 Å². The minimum Gasteiger partial charge on any atom is -0.492 e. The Morgan fingerprint density at radius 1 is 1.27 bits per heavy atom. The average Bonchev–Trinajstić information content (AvgIpc) is 2.61. The Balaban J connectivity index is 2.06. The van der Waals surface area contributed by atoms with Crippen molar-refractivity contribution in [3.05, 3.63) is 47.2 Å². The monoisotopic (exact) mass is 377 g/mol. The van der Waals surface area contributed by atoms with E-state index in [1.165, 1.54) is 23.9 Å². The Bertz CT molecular complexity index is 766. The molecule has 0 aliphatic carbocycles. The van der Waals surface area contributed by atoms with Crippen molar-refractivity contribution >= 4 is 17.7 Å². The Morgan fingerprint density at radius 3 is 2.50 bits per heavy atom. The van der Waals surface area contributed by atoms with Crippen LogP contribution in [-0.2, 0) is 0 Å². The second kappa shape index (κ2) is 8.98. The zero-order valence-corrected chi connectivity index (χ0v) is 16.6. The lowest BCUT2D eigenvalue weighted by molar-refractivity contribution is 0.0768. The Labute approximate surface area is 158 Å². The first-order valence-corrected chi connectivity index (χ1v) is 9.62. The number of aryl methyl sites for hydroxylation is 1. The second-order valence-electron chi connectivity index (χ2n) is 6.24. The molecule has 0 radical (unpaired) electrons. The van der Waals surface area contributed by atoms with E-state index in [-0.39, 0.29) is 17.6 Å². The van der Waals surface area contributed by atoms with Crippen LogP contribution >= 0.6 is 11.8 Å². The van der Waals surface area contributed by atoms with Gasteiger partial charge in [-0.2, -0.15) is 0 Å². The number of halogens is 1. The van der Waals surface area contributed by atoms with Gasteiger partial charge in [-0.25, -0.2) is 14.4 Å². The van der Waals surface area contributed by atoms with Crippen molar-refractivity contribution in [1.82, 2.24) is 14.9 Å². The molecule has 0 spiro atoms. The lowest BCUT2D eigenvalue weighted by Crippen LogP contribution is -2.32. The molecule has 1 aromatic carbocycles. The first kappa shape index (κ1) is 20.2. The highest BCUT2D eigenvalue weighted by Gasteiger charge is 2.22. The lowest BCUT2D eigenvalue weighted by Gasteiger charge is -2.20. The van der Waals surface area contributed by atoms with E-state index in [1.807, 2.05) is 27.0 Å². The molecule has 0 unspecified atom stereocenters. The average molecular weight is 377 g/mol. The summed E-state index contributed by atoms with van der Waals surface area (Å²) >= 11 is 1.44. The summed E-state index contributed by atoms with van der Waals surface area (Å²) < 4.78 is 18.5. The summed E-state index contributed by atoms with van der Waals surface area (Å²) in [5.74, 6) is 1.06. The number of ether oxygens (including phenoxy) is 1. The van der Waals surface area contributed by atoms with Gasteiger partial charge in [0, 0.05) is 13.0 Å². The standard InChI is InChI=1S/C19H24FN3O2S/c1-12(2)17-21-13(3)16(18(22-17)26-5)19(24)23(4)10-11-25-15-8-6-14(20)7-9-15/h6-9,12H,10-11H2,1-5H3. The minimum absolute atomic E-state index is 0.134. The van der Waals surface area contributed by atoms with Gasteiger partial charge in [0.1, 0.15) is 29.0 Å². The van der Waals surface area contributed by atoms with Crippen molar-refractivity contribution in [2.75, 3.05) is 26.5 Å². The number of nitrogens with zero attached hydrogens (tertiary/aromatic N) is 3. The van der Waals surface area contributed by atoms with Gasteiger partial charge in [0.15, 0.2) is 0 Å². The van der Waals surface area contributed by atoms with Crippen molar-refractivity contribution in [2.45, 2.75) is 31.7 Å². The van der Waals surface area contributed by atoms with Crippen LogP contribution in [-0.4, -0.2) is 47.2 Å². The van der Waals surface area contributed by atoms with E-state index in [4.69, 9.17) is 4.74 Å². The summed E-state index contributed by atoms with van der Waals surface area (Å²) in [4.78, 5) is 23.4. The maximum atomic E-state index is 12.9. The SMILES string of the molecule is CSc1nc(C(C)C)nc(C)c1C(=O)N(C)CCOc1ccc(F)cc1. The Morgan fingerprint density at radius 2 is 1.92 bits per heavy atom. The number of carbonyl (C=O) groups is 1. The summed E-state index contributed by atoms with van der Waals surface area (Å²) in [5.41, 5.74) is 1.22. The minimum atomic E-state index is -0.311. The molecule has 1 aromatic heterocycles. The fourth-order valence-electron chi connectivity index (χ4n) is 2.34. The van der Waals surface area contributed by atoms with Crippen LogP contribution in [0.25, 0.3) is 0 Å². The third kappa shape index (κ3) is 4.94. The van der Waals surface area contributed by atoms with Crippen molar-refractivity contribution < 1.29 is 13.9 Å². The van der Waals surface area contributed by atoms with Crippen molar-refractivity contribution in [1.29, 1.82) is 0 Å². The van der Waals surface area contributed by atoms with Crippen LogP contribution in [0.4, 0.5) is 4.39 Å². The molecule has 0 saturated carbocycles. The molecule has 0 aliphatic heterocycles. The molecular weight excluding hydrogens is 353 g/mol. The molecule has 0 saturated heterocycles. The third-order valence-electron chi connectivity index (χ3n) is 3.85. The van der Waals surface area contributed by atoms with Gasteiger partial charge in [0.2, 0.25) is 0 Å². The molecule has 0 atom stereocenters. The van der Waals surface area contributed by atoms with E-state index in [0.717, 1.165) is 5.82 Å². The van der Waals surface area contributed by atoms with Crippen molar-refractivity contribution in [3.8, 4) is 5.75 Å². The van der Waals surface area contributed by atoms with E-state index >= 15 is 0 Å². The summed E-state index contributed by atoms with van der Waals surface area (Å²) in [5, 5.41) is 0.692. The summed E-state index contributed by atoms with van der Waals surface area (Å²) in [6.45, 7) is 6.60. The highest BCUT2D eigenvalue weighted by atomic mass is 32.2. The van der Waals surface area contributed by atoms with Crippen LogP contribution in [0, 0.1) is 12.7 Å².